The van der Waals surface area contributed by atoms with Crippen molar-refractivity contribution in [2.75, 3.05) is 10.6 Å². The van der Waals surface area contributed by atoms with Crippen LogP contribution in [0.25, 0.3) is 22.4 Å². The number of anilines is 2. The number of nitrogens with one attached hydrogen (secondary N) is 3. The molecule has 0 bridgehead atoms. The van der Waals surface area contributed by atoms with Crippen molar-refractivity contribution >= 4 is 35.4 Å². The number of hydrogen-bond donors (Lipinski definition) is 4. The minimum absolute atomic E-state index is 0.0420. The van der Waals surface area contributed by atoms with E-state index in [0.29, 0.717) is 33.8 Å². The number of para-hydroxylation sites is 1. The largest absolute Gasteiger partial charge is 0.488 e. The van der Waals surface area contributed by atoms with E-state index in [-0.39, 0.29) is 30.2 Å². The summed E-state index contributed by atoms with van der Waals surface area (Å²) < 4.78 is 11.5. The zero-order valence-corrected chi connectivity index (χ0v) is 29.2. The van der Waals surface area contributed by atoms with Gasteiger partial charge in [0.25, 0.3) is 5.91 Å². The Labute approximate surface area is 311 Å². The number of carbonyl (C=O) groups excluding carboxylic acids is 3. The van der Waals surface area contributed by atoms with E-state index in [1.807, 2.05) is 72.8 Å². The molecule has 270 valence electrons. The topological polar surface area (TPSA) is 156 Å². The van der Waals surface area contributed by atoms with Crippen LogP contribution >= 0.6 is 0 Å². The third-order valence-corrected chi connectivity index (χ3v) is 8.28. The molecular weight excluding hydrogens is 684 g/mol. The summed E-state index contributed by atoms with van der Waals surface area (Å²) in [5, 5.41) is 18.6. The van der Waals surface area contributed by atoms with Crippen LogP contribution in [0.5, 0.6) is 5.75 Å². The van der Waals surface area contributed by atoms with Crippen molar-refractivity contribution in [2.45, 2.75) is 26.2 Å². The molecule has 0 aliphatic rings. The summed E-state index contributed by atoms with van der Waals surface area (Å²) >= 11 is 0. The number of amides is 3. The standard InChI is InChI=1S/C43H36N4O7/c1-28(44-43(52)54-27-30-16-7-3-8-17-30)40(48)45-33-21-13-20-32(24-33)35-25-36(34-22-11-12-23-37(34)53-26-29-14-5-2-6-15-29)46-39(38(35)42(50)51)47-41(49)31-18-9-4-10-19-31/h2-25,28H,26-27H2,1H3,(H,44,52)(H,45,48)(H,50,51)(H,46,47,49). The number of carbonyl (C=O) groups is 4. The third kappa shape index (κ3) is 9.33. The van der Waals surface area contributed by atoms with Crippen LogP contribution < -0.4 is 20.7 Å². The van der Waals surface area contributed by atoms with Gasteiger partial charge >= 0.3 is 12.1 Å². The molecule has 0 radical (unpaired) electrons. The molecule has 1 aromatic heterocycles. The second kappa shape index (κ2) is 17.3. The molecule has 0 saturated carbocycles. The van der Waals surface area contributed by atoms with Gasteiger partial charge in [-0.2, -0.15) is 0 Å². The van der Waals surface area contributed by atoms with Crippen LogP contribution in [-0.2, 0) is 22.7 Å². The molecule has 11 nitrogen and oxygen atoms in total. The monoisotopic (exact) mass is 720 g/mol. The number of aromatic nitrogens is 1. The predicted molar refractivity (Wildman–Crippen MR) is 205 cm³/mol. The first-order valence-electron chi connectivity index (χ1n) is 17.0. The summed E-state index contributed by atoms with van der Waals surface area (Å²) in [6.45, 7) is 1.83. The maximum atomic E-state index is 13.4. The van der Waals surface area contributed by atoms with E-state index < -0.39 is 29.9 Å². The van der Waals surface area contributed by atoms with Crippen molar-refractivity contribution in [2.24, 2.45) is 0 Å². The molecule has 4 N–H and O–H groups in total. The number of hydrogen-bond acceptors (Lipinski definition) is 7. The van der Waals surface area contributed by atoms with Gasteiger partial charge in [-0.3, -0.25) is 9.59 Å². The highest BCUT2D eigenvalue weighted by molar-refractivity contribution is 6.10. The summed E-state index contributed by atoms with van der Waals surface area (Å²) in [6.07, 6.45) is -0.760. The molecule has 1 heterocycles. The molecule has 11 heteroatoms. The van der Waals surface area contributed by atoms with Crippen LogP contribution in [0, 0.1) is 0 Å². The van der Waals surface area contributed by atoms with Gasteiger partial charge in [0.1, 0.15) is 36.4 Å². The van der Waals surface area contributed by atoms with Crippen LogP contribution in [0.3, 0.4) is 0 Å². The van der Waals surface area contributed by atoms with E-state index in [4.69, 9.17) is 9.47 Å². The van der Waals surface area contributed by atoms with Crippen molar-refractivity contribution in [3.05, 3.63) is 168 Å². The van der Waals surface area contributed by atoms with E-state index in [0.717, 1.165) is 11.1 Å². The minimum Gasteiger partial charge on any atom is -0.488 e. The van der Waals surface area contributed by atoms with E-state index in [1.54, 1.807) is 72.8 Å². The summed E-state index contributed by atoms with van der Waals surface area (Å²) in [5.41, 5.74) is 3.66. The first kappa shape index (κ1) is 36.5. The second-order valence-electron chi connectivity index (χ2n) is 12.2. The maximum absolute atomic E-state index is 13.4. The zero-order valence-electron chi connectivity index (χ0n) is 29.2. The van der Waals surface area contributed by atoms with E-state index in [2.05, 4.69) is 20.9 Å². The summed E-state index contributed by atoms with van der Waals surface area (Å²) in [5.74, 6) is -2.09. The Morgan fingerprint density at radius 1 is 0.685 bits per heavy atom. The smallest absolute Gasteiger partial charge is 0.408 e. The Hall–Kier alpha value is -7.27. The fourth-order valence-electron chi connectivity index (χ4n) is 5.55. The molecule has 54 heavy (non-hydrogen) atoms. The number of pyridine rings is 1. The van der Waals surface area contributed by atoms with Gasteiger partial charge < -0.3 is 30.5 Å². The minimum atomic E-state index is -1.33. The fourth-order valence-corrected chi connectivity index (χ4v) is 5.55. The highest BCUT2D eigenvalue weighted by Crippen LogP contribution is 2.37. The van der Waals surface area contributed by atoms with Crippen molar-refractivity contribution in [3.8, 4) is 28.1 Å². The van der Waals surface area contributed by atoms with Crippen LogP contribution in [0.1, 0.15) is 38.8 Å². The van der Waals surface area contributed by atoms with Gasteiger partial charge in [0.05, 0.1) is 5.69 Å². The van der Waals surface area contributed by atoms with E-state index in [1.165, 1.54) is 6.92 Å². The Morgan fingerprint density at radius 3 is 2.00 bits per heavy atom. The lowest BCUT2D eigenvalue weighted by molar-refractivity contribution is -0.117. The first-order chi connectivity index (χ1) is 26.2. The van der Waals surface area contributed by atoms with E-state index >= 15 is 0 Å². The molecule has 1 atom stereocenters. The highest BCUT2D eigenvalue weighted by Gasteiger charge is 2.24. The summed E-state index contributed by atoms with van der Waals surface area (Å²) in [6, 6.07) is 41.6. The SMILES string of the molecule is CC(NC(=O)OCc1ccccc1)C(=O)Nc1cccc(-c2cc(-c3ccccc3OCc3ccccc3)nc(NC(=O)c3ccccc3)c2C(=O)O)c1. The van der Waals surface area contributed by atoms with Crippen LogP contribution in [0.2, 0.25) is 0 Å². The lowest BCUT2D eigenvalue weighted by Gasteiger charge is -2.18. The molecule has 0 fully saturated rings. The molecule has 6 aromatic rings. The first-order valence-corrected chi connectivity index (χ1v) is 17.0. The third-order valence-electron chi connectivity index (χ3n) is 8.28. The number of carboxylic acid groups (broad SMARTS) is 1. The quantitative estimate of drug-likeness (QED) is 0.0931. The van der Waals surface area contributed by atoms with Gasteiger partial charge in [0.2, 0.25) is 5.91 Å². The van der Waals surface area contributed by atoms with Crippen LogP contribution in [0.4, 0.5) is 16.3 Å². The molecule has 0 spiro atoms. The average molecular weight is 721 g/mol. The molecule has 3 amide bonds. The number of benzene rings is 5. The van der Waals surface area contributed by atoms with Crippen LogP contribution in [0.15, 0.2) is 146 Å². The molecule has 6 rings (SSSR count). The van der Waals surface area contributed by atoms with Gasteiger partial charge in [-0.1, -0.05) is 103 Å². The van der Waals surface area contributed by atoms with Gasteiger partial charge in [-0.25, -0.2) is 14.6 Å². The molecule has 5 aromatic carbocycles. The molecule has 1 unspecified atom stereocenters. The Balaban J connectivity index is 1.32. The maximum Gasteiger partial charge on any atom is 0.408 e. The number of aromatic carboxylic acids is 1. The highest BCUT2D eigenvalue weighted by atomic mass is 16.5. The number of rotatable bonds is 13. The summed E-state index contributed by atoms with van der Waals surface area (Å²) in [4.78, 5) is 56.6. The Bertz CT molecular complexity index is 2270. The van der Waals surface area contributed by atoms with E-state index in [9.17, 15) is 24.3 Å². The molecule has 0 aliphatic carbocycles. The number of ether oxygens (including phenoxy) is 2. The van der Waals surface area contributed by atoms with Crippen molar-refractivity contribution < 1.29 is 33.8 Å². The lowest BCUT2D eigenvalue weighted by Crippen LogP contribution is -2.41. The van der Waals surface area contributed by atoms with Gasteiger partial charge in [-0.05, 0) is 66.1 Å². The zero-order chi connectivity index (χ0) is 37.9. The number of nitrogens with zero attached hydrogens (tertiary/aromatic N) is 1. The van der Waals surface area contributed by atoms with Crippen molar-refractivity contribution in [1.82, 2.24) is 10.3 Å². The average Bonchev–Trinajstić information content (AvgIpc) is 3.20. The van der Waals surface area contributed by atoms with Gasteiger partial charge in [0.15, 0.2) is 0 Å². The molecule has 0 aliphatic heterocycles. The van der Waals surface area contributed by atoms with Crippen molar-refractivity contribution in [3.63, 3.8) is 0 Å². The van der Waals surface area contributed by atoms with Crippen molar-refractivity contribution in [1.29, 1.82) is 0 Å². The van der Waals surface area contributed by atoms with Crippen LogP contribution in [-0.4, -0.2) is 40.0 Å². The number of alkyl carbamates (subject to hydrolysis) is 1. The molecule has 0 saturated heterocycles. The van der Waals surface area contributed by atoms with Gasteiger partial charge in [-0.15, -0.1) is 0 Å². The Morgan fingerprint density at radius 2 is 1.31 bits per heavy atom. The molecular formula is C43H36N4O7. The number of carboxylic acids is 1. The lowest BCUT2D eigenvalue weighted by atomic mass is 9.97. The second-order valence-corrected chi connectivity index (χ2v) is 12.2. The normalized spacial score (nSPS) is 11.1. The predicted octanol–water partition coefficient (Wildman–Crippen LogP) is 8.20. The fraction of sp³-hybridized carbons (Fsp3) is 0.0930. The summed E-state index contributed by atoms with van der Waals surface area (Å²) in [7, 11) is 0. The van der Waals surface area contributed by atoms with Gasteiger partial charge in [0, 0.05) is 22.4 Å². The Kier molecular flexibility index (Phi) is 11.7.